The predicted octanol–water partition coefficient (Wildman–Crippen LogP) is 0.995. The Morgan fingerprint density at radius 1 is 1.40 bits per heavy atom. The molecule has 0 atom stereocenters. The number of anilines is 1. The minimum atomic E-state index is 0.268. The van der Waals surface area contributed by atoms with Crippen LogP contribution in [0.25, 0.3) is 0 Å². The van der Waals surface area contributed by atoms with Crippen LogP contribution in [0.5, 0.6) is 0 Å². The standard InChI is InChI=1S/C12H18N2O/c15-6-2-4-10-3-1-5-11(7-10)14-12-8-13-9-12/h1,3,5,7,12-15H,2,4,6,8-9H2. The average Bonchev–Trinajstić information content (AvgIpc) is 2.21. The van der Waals surface area contributed by atoms with Crippen molar-refractivity contribution >= 4 is 5.69 Å². The van der Waals surface area contributed by atoms with Crippen LogP contribution < -0.4 is 10.6 Å². The monoisotopic (exact) mass is 206 g/mol. The highest BCUT2D eigenvalue weighted by molar-refractivity contribution is 5.47. The van der Waals surface area contributed by atoms with Gasteiger partial charge in [0.15, 0.2) is 0 Å². The Morgan fingerprint density at radius 2 is 2.27 bits per heavy atom. The number of nitrogens with one attached hydrogen (secondary N) is 2. The average molecular weight is 206 g/mol. The Kier molecular flexibility index (Phi) is 3.59. The third kappa shape index (κ3) is 2.94. The molecule has 1 aliphatic heterocycles. The summed E-state index contributed by atoms with van der Waals surface area (Å²) in [4.78, 5) is 0. The molecule has 15 heavy (non-hydrogen) atoms. The second kappa shape index (κ2) is 5.14. The summed E-state index contributed by atoms with van der Waals surface area (Å²) in [5, 5.41) is 15.5. The number of rotatable bonds is 5. The van der Waals surface area contributed by atoms with Crippen molar-refractivity contribution in [2.24, 2.45) is 0 Å². The first-order valence-electron chi connectivity index (χ1n) is 5.55. The summed E-state index contributed by atoms with van der Waals surface area (Å²) in [5.74, 6) is 0. The molecule has 1 heterocycles. The van der Waals surface area contributed by atoms with Gasteiger partial charge in [-0.2, -0.15) is 0 Å². The molecular weight excluding hydrogens is 188 g/mol. The highest BCUT2D eigenvalue weighted by Crippen LogP contribution is 2.14. The van der Waals surface area contributed by atoms with E-state index in [0.29, 0.717) is 6.04 Å². The van der Waals surface area contributed by atoms with Crippen LogP contribution in [0.3, 0.4) is 0 Å². The summed E-state index contributed by atoms with van der Waals surface area (Å²) in [6, 6.07) is 9.04. The fraction of sp³-hybridized carbons (Fsp3) is 0.500. The Balaban J connectivity index is 1.92. The van der Waals surface area contributed by atoms with Gasteiger partial charge in [-0.25, -0.2) is 0 Å². The Morgan fingerprint density at radius 3 is 2.93 bits per heavy atom. The van der Waals surface area contributed by atoms with Gasteiger partial charge in [-0.05, 0) is 30.5 Å². The number of aryl methyl sites for hydroxylation is 1. The normalized spacial score (nSPS) is 16.1. The highest BCUT2D eigenvalue weighted by atomic mass is 16.2. The Hall–Kier alpha value is -1.06. The van der Waals surface area contributed by atoms with Gasteiger partial charge >= 0.3 is 0 Å². The van der Waals surface area contributed by atoms with Gasteiger partial charge in [-0.15, -0.1) is 0 Å². The van der Waals surface area contributed by atoms with Crippen LogP contribution in [-0.4, -0.2) is 30.8 Å². The molecule has 0 saturated carbocycles. The summed E-state index contributed by atoms with van der Waals surface area (Å²) < 4.78 is 0. The quantitative estimate of drug-likeness (QED) is 0.673. The molecule has 3 N–H and O–H groups in total. The van der Waals surface area contributed by atoms with Gasteiger partial charge in [0.05, 0.1) is 6.04 Å². The van der Waals surface area contributed by atoms with E-state index in [0.717, 1.165) is 25.9 Å². The maximum atomic E-state index is 8.77. The lowest BCUT2D eigenvalue weighted by Crippen LogP contribution is -2.51. The van der Waals surface area contributed by atoms with Crippen molar-refractivity contribution in [2.75, 3.05) is 25.0 Å². The lowest BCUT2D eigenvalue weighted by Gasteiger charge is -2.29. The summed E-state index contributed by atoms with van der Waals surface area (Å²) in [5.41, 5.74) is 2.48. The van der Waals surface area contributed by atoms with E-state index in [1.165, 1.54) is 11.3 Å². The molecule has 0 aliphatic carbocycles. The second-order valence-electron chi connectivity index (χ2n) is 4.03. The number of benzene rings is 1. The maximum absolute atomic E-state index is 8.77. The van der Waals surface area contributed by atoms with Crippen molar-refractivity contribution in [1.82, 2.24) is 5.32 Å². The smallest absolute Gasteiger partial charge is 0.0510 e. The molecule has 1 aromatic carbocycles. The third-order valence-electron chi connectivity index (χ3n) is 2.70. The first-order chi connectivity index (χ1) is 7.38. The van der Waals surface area contributed by atoms with Crippen molar-refractivity contribution in [3.8, 4) is 0 Å². The van der Waals surface area contributed by atoms with Crippen molar-refractivity contribution in [3.63, 3.8) is 0 Å². The van der Waals surface area contributed by atoms with Gasteiger partial charge in [0.1, 0.15) is 0 Å². The Labute approximate surface area is 90.5 Å². The van der Waals surface area contributed by atoms with Gasteiger partial charge in [0, 0.05) is 25.4 Å². The molecule has 1 aromatic rings. The van der Waals surface area contributed by atoms with E-state index in [1.54, 1.807) is 0 Å². The van der Waals surface area contributed by atoms with Gasteiger partial charge in [-0.3, -0.25) is 0 Å². The summed E-state index contributed by atoms with van der Waals surface area (Å²) >= 11 is 0. The van der Waals surface area contributed by atoms with E-state index in [4.69, 9.17) is 5.11 Å². The minimum absolute atomic E-state index is 0.268. The largest absolute Gasteiger partial charge is 0.396 e. The van der Waals surface area contributed by atoms with E-state index in [9.17, 15) is 0 Å². The summed E-state index contributed by atoms with van der Waals surface area (Å²) in [7, 11) is 0. The molecular formula is C12H18N2O. The second-order valence-corrected chi connectivity index (χ2v) is 4.03. The summed E-state index contributed by atoms with van der Waals surface area (Å²) in [6.07, 6.45) is 1.80. The van der Waals surface area contributed by atoms with Crippen molar-refractivity contribution < 1.29 is 5.11 Å². The molecule has 3 nitrogen and oxygen atoms in total. The molecule has 1 saturated heterocycles. The lowest BCUT2D eigenvalue weighted by atomic mass is 10.1. The van der Waals surface area contributed by atoms with Gasteiger partial charge in [0.25, 0.3) is 0 Å². The highest BCUT2D eigenvalue weighted by Gasteiger charge is 2.15. The van der Waals surface area contributed by atoms with Crippen LogP contribution in [0.2, 0.25) is 0 Å². The van der Waals surface area contributed by atoms with Crippen LogP contribution in [0.4, 0.5) is 5.69 Å². The molecule has 0 bridgehead atoms. The molecule has 2 rings (SSSR count). The molecule has 0 radical (unpaired) electrons. The van der Waals surface area contributed by atoms with Gasteiger partial charge in [0.2, 0.25) is 0 Å². The Bertz CT molecular complexity index is 310. The molecule has 1 aliphatic rings. The third-order valence-corrected chi connectivity index (χ3v) is 2.70. The van der Waals surface area contributed by atoms with Gasteiger partial charge < -0.3 is 15.7 Å². The van der Waals surface area contributed by atoms with E-state index in [2.05, 4.69) is 34.9 Å². The fourth-order valence-electron chi connectivity index (χ4n) is 1.73. The van der Waals surface area contributed by atoms with Gasteiger partial charge in [-0.1, -0.05) is 12.1 Å². The van der Waals surface area contributed by atoms with E-state index in [1.807, 2.05) is 0 Å². The zero-order chi connectivity index (χ0) is 10.5. The van der Waals surface area contributed by atoms with Crippen molar-refractivity contribution in [1.29, 1.82) is 0 Å². The SMILES string of the molecule is OCCCc1cccc(NC2CNC2)c1. The lowest BCUT2D eigenvalue weighted by molar-refractivity contribution is 0.288. The molecule has 82 valence electrons. The molecule has 0 amide bonds. The zero-order valence-electron chi connectivity index (χ0n) is 8.87. The van der Waals surface area contributed by atoms with Crippen LogP contribution in [0.15, 0.2) is 24.3 Å². The fourth-order valence-corrected chi connectivity index (χ4v) is 1.73. The van der Waals surface area contributed by atoms with E-state index in [-0.39, 0.29) is 6.61 Å². The number of aliphatic hydroxyl groups is 1. The first kappa shape index (κ1) is 10.5. The van der Waals surface area contributed by atoms with Crippen molar-refractivity contribution in [3.05, 3.63) is 29.8 Å². The van der Waals surface area contributed by atoms with Crippen molar-refractivity contribution in [2.45, 2.75) is 18.9 Å². The topological polar surface area (TPSA) is 44.3 Å². The molecule has 3 heteroatoms. The summed E-state index contributed by atoms with van der Waals surface area (Å²) in [6.45, 7) is 2.38. The molecule has 0 aromatic heterocycles. The van der Waals surface area contributed by atoms with Crippen LogP contribution in [-0.2, 0) is 6.42 Å². The number of hydrogen-bond donors (Lipinski definition) is 3. The maximum Gasteiger partial charge on any atom is 0.0510 e. The number of hydrogen-bond acceptors (Lipinski definition) is 3. The first-order valence-corrected chi connectivity index (χ1v) is 5.55. The molecule has 0 spiro atoms. The minimum Gasteiger partial charge on any atom is -0.396 e. The van der Waals surface area contributed by atoms with E-state index < -0.39 is 0 Å². The van der Waals surface area contributed by atoms with E-state index >= 15 is 0 Å². The predicted molar refractivity (Wildman–Crippen MR) is 62.1 cm³/mol. The molecule has 0 unspecified atom stereocenters. The molecule has 1 fully saturated rings. The van der Waals surface area contributed by atoms with Crippen LogP contribution >= 0.6 is 0 Å². The van der Waals surface area contributed by atoms with Crippen LogP contribution in [0.1, 0.15) is 12.0 Å². The number of aliphatic hydroxyl groups excluding tert-OH is 1. The van der Waals surface area contributed by atoms with Crippen LogP contribution in [0, 0.1) is 0 Å². The zero-order valence-corrected chi connectivity index (χ0v) is 8.87.